The SMILES string of the molecule is O=C(CCNS(=O)(=O)c1ccc(F)c(F)c1)N1CCN(c2ccccc2)CC1. The monoisotopic (exact) mass is 409 g/mol. The molecular formula is C19H21F2N3O3S. The molecule has 2 aromatic carbocycles. The van der Waals surface area contributed by atoms with Gasteiger partial charge in [-0.2, -0.15) is 0 Å². The molecule has 0 saturated carbocycles. The van der Waals surface area contributed by atoms with Crippen molar-refractivity contribution < 1.29 is 22.0 Å². The molecule has 6 nitrogen and oxygen atoms in total. The van der Waals surface area contributed by atoms with E-state index in [-0.39, 0.29) is 23.8 Å². The van der Waals surface area contributed by atoms with Gasteiger partial charge in [-0.3, -0.25) is 4.79 Å². The van der Waals surface area contributed by atoms with Crippen LogP contribution in [0.3, 0.4) is 0 Å². The molecule has 1 heterocycles. The van der Waals surface area contributed by atoms with Gasteiger partial charge in [-0.15, -0.1) is 0 Å². The molecule has 1 amide bonds. The zero-order valence-electron chi connectivity index (χ0n) is 15.1. The van der Waals surface area contributed by atoms with E-state index in [9.17, 15) is 22.0 Å². The van der Waals surface area contributed by atoms with Gasteiger partial charge in [0, 0.05) is 44.8 Å². The minimum absolute atomic E-state index is 0.00571. The van der Waals surface area contributed by atoms with Gasteiger partial charge in [0.2, 0.25) is 15.9 Å². The van der Waals surface area contributed by atoms with Crippen molar-refractivity contribution in [3.05, 3.63) is 60.2 Å². The predicted octanol–water partition coefficient (Wildman–Crippen LogP) is 1.98. The van der Waals surface area contributed by atoms with Crippen LogP contribution in [0.1, 0.15) is 6.42 Å². The first-order chi connectivity index (χ1) is 13.4. The van der Waals surface area contributed by atoms with Gasteiger partial charge in [-0.05, 0) is 30.3 Å². The Morgan fingerprint density at radius 3 is 2.29 bits per heavy atom. The molecule has 0 atom stereocenters. The number of amides is 1. The molecule has 1 saturated heterocycles. The van der Waals surface area contributed by atoms with Crippen LogP contribution in [0.2, 0.25) is 0 Å². The van der Waals surface area contributed by atoms with Crippen LogP contribution < -0.4 is 9.62 Å². The molecule has 1 N–H and O–H groups in total. The number of halogens is 2. The van der Waals surface area contributed by atoms with Crippen molar-refractivity contribution in [2.75, 3.05) is 37.6 Å². The summed E-state index contributed by atoms with van der Waals surface area (Å²) in [5.41, 5.74) is 1.11. The highest BCUT2D eigenvalue weighted by molar-refractivity contribution is 7.89. The summed E-state index contributed by atoms with van der Waals surface area (Å²) in [5, 5.41) is 0. The largest absolute Gasteiger partial charge is 0.368 e. The lowest BCUT2D eigenvalue weighted by Gasteiger charge is -2.36. The highest BCUT2D eigenvalue weighted by atomic mass is 32.2. The zero-order chi connectivity index (χ0) is 20.1. The van der Waals surface area contributed by atoms with Crippen LogP contribution in [0, 0.1) is 11.6 Å². The molecule has 0 aromatic heterocycles. The first-order valence-electron chi connectivity index (χ1n) is 8.89. The fraction of sp³-hybridized carbons (Fsp3) is 0.316. The van der Waals surface area contributed by atoms with E-state index in [1.54, 1.807) is 4.90 Å². The standard InChI is InChI=1S/C19H21F2N3O3S/c20-17-7-6-16(14-18(17)21)28(26,27)22-9-8-19(25)24-12-10-23(11-13-24)15-4-2-1-3-5-15/h1-7,14,22H,8-13H2. The van der Waals surface area contributed by atoms with Gasteiger partial charge < -0.3 is 9.80 Å². The molecule has 0 aliphatic carbocycles. The smallest absolute Gasteiger partial charge is 0.240 e. The van der Waals surface area contributed by atoms with Crippen LogP contribution in [0.25, 0.3) is 0 Å². The minimum Gasteiger partial charge on any atom is -0.368 e. The van der Waals surface area contributed by atoms with Gasteiger partial charge in [0.25, 0.3) is 0 Å². The average molecular weight is 409 g/mol. The fourth-order valence-corrected chi connectivity index (χ4v) is 4.07. The number of carbonyl (C=O) groups excluding carboxylic acids is 1. The first-order valence-corrected chi connectivity index (χ1v) is 10.4. The van der Waals surface area contributed by atoms with Crippen molar-refractivity contribution in [2.45, 2.75) is 11.3 Å². The summed E-state index contributed by atoms with van der Waals surface area (Å²) in [6.45, 7) is 2.42. The summed E-state index contributed by atoms with van der Waals surface area (Å²) in [5.74, 6) is -2.51. The molecule has 150 valence electrons. The summed E-state index contributed by atoms with van der Waals surface area (Å²) < 4.78 is 52.7. The third-order valence-electron chi connectivity index (χ3n) is 4.59. The number of rotatable bonds is 6. The second-order valence-electron chi connectivity index (χ2n) is 6.43. The number of carbonyl (C=O) groups is 1. The third-order valence-corrected chi connectivity index (χ3v) is 6.04. The number of piperazine rings is 1. The minimum atomic E-state index is -4.01. The van der Waals surface area contributed by atoms with Gasteiger partial charge in [0.1, 0.15) is 0 Å². The number of nitrogens with one attached hydrogen (secondary N) is 1. The van der Waals surface area contributed by atoms with Gasteiger partial charge in [0.15, 0.2) is 11.6 Å². The molecule has 0 unspecified atom stereocenters. The second kappa shape index (κ2) is 8.66. The molecule has 1 aliphatic heterocycles. The van der Waals surface area contributed by atoms with Crippen molar-refractivity contribution >= 4 is 21.6 Å². The molecule has 1 aliphatic rings. The Kier molecular flexibility index (Phi) is 6.25. The number of anilines is 1. The van der Waals surface area contributed by atoms with Crippen molar-refractivity contribution in [3.8, 4) is 0 Å². The van der Waals surface area contributed by atoms with Crippen molar-refractivity contribution in [2.24, 2.45) is 0 Å². The summed E-state index contributed by atoms with van der Waals surface area (Å²) >= 11 is 0. The van der Waals surface area contributed by atoms with E-state index in [1.807, 2.05) is 30.3 Å². The Labute approximate surface area is 162 Å². The average Bonchev–Trinajstić information content (AvgIpc) is 2.70. The lowest BCUT2D eigenvalue weighted by molar-refractivity contribution is -0.131. The number of benzene rings is 2. The summed E-state index contributed by atoms with van der Waals surface area (Å²) in [7, 11) is -4.01. The molecule has 0 radical (unpaired) electrons. The summed E-state index contributed by atoms with van der Waals surface area (Å²) in [6.07, 6.45) is -0.00571. The van der Waals surface area contributed by atoms with Crippen LogP contribution >= 0.6 is 0 Å². The fourth-order valence-electron chi connectivity index (χ4n) is 3.03. The Morgan fingerprint density at radius 2 is 1.64 bits per heavy atom. The summed E-state index contributed by atoms with van der Waals surface area (Å²) in [4.78, 5) is 15.8. The molecule has 28 heavy (non-hydrogen) atoms. The highest BCUT2D eigenvalue weighted by Gasteiger charge is 2.22. The van der Waals surface area contributed by atoms with Gasteiger partial charge in [-0.1, -0.05) is 18.2 Å². The van der Waals surface area contributed by atoms with Crippen LogP contribution in [0.4, 0.5) is 14.5 Å². The Bertz CT molecular complexity index is 931. The lowest BCUT2D eigenvalue weighted by Crippen LogP contribution is -2.49. The third kappa shape index (κ3) is 4.85. The molecule has 0 spiro atoms. The molecule has 9 heteroatoms. The Balaban J connectivity index is 1.47. The van der Waals surface area contributed by atoms with E-state index in [1.165, 1.54) is 0 Å². The van der Waals surface area contributed by atoms with E-state index in [4.69, 9.17) is 0 Å². The van der Waals surface area contributed by atoms with E-state index in [0.29, 0.717) is 32.2 Å². The molecular weight excluding hydrogens is 388 g/mol. The van der Waals surface area contributed by atoms with E-state index < -0.39 is 21.7 Å². The van der Waals surface area contributed by atoms with Crippen LogP contribution in [0.5, 0.6) is 0 Å². The van der Waals surface area contributed by atoms with Gasteiger partial charge in [-0.25, -0.2) is 21.9 Å². The van der Waals surface area contributed by atoms with Crippen LogP contribution in [0.15, 0.2) is 53.4 Å². The van der Waals surface area contributed by atoms with E-state index in [0.717, 1.165) is 17.8 Å². The first kappa shape index (κ1) is 20.2. The normalized spacial score (nSPS) is 14.9. The van der Waals surface area contributed by atoms with Crippen molar-refractivity contribution in [3.63, 3.8) is 0 Å². The van der Waals surface area contributed by atoms with Gasteiger partial charge in [0.05, 0.1) is 4.90 Å². The molecule has 1 fully saturated rings. The van der Waals surface area contributed by atoms with Crippen molar-refractivity contribution in [1.29, 1.82) is 0 Å². The predicted molar refractivity (Wildman–Crippen MR) is 101 cm³/mol. The van der Waals surface area contributed by atoms with E-state index in [2.05, 4.69) is 9.62 Å². The number of para-hydroxylation sites is 1. The number of hydrogen-bond acceptors (Lipinski definition) is 4. The molecule has 0 bridgehead atoms. The topological polar surface area (TPSA) is 69.7 Å². The second-order valence-corrected chi connectivity index (χ2v) is 8.19. The number of sulfonamides is 1. The highest BCUT2D eigenvalue weighted by Crippen LogP contribution is 2.16. The molecule has 2 aromatic rings. The van der Waals surface area contributed by atoms with Gasteiger partial charge >= 0.3 is 0 Å². The maximum atomic E-state index is 13.2. The quantitative estimate of drug-likeness (QED) is 0.792. The van der Waals surface area contributed by atoms with Crippen LogP contribution in [-0.4, -0.2) is 51.9 Å². The zero-order valence-corrected chi connectivity index (χ0v) is 16.0. The molecule has 3 rings (SSSR count). The lowest BCUT2D eigenvalue weighted by atomic mass is 10.2. The maximum Gasteiger partial charge on any atom is 0.240 e. The summed E-state index contributed by atoms with van der Waals surface area (Å²) in [6, 6.07) is 12.3. The Morgan fingerprint density at radius 1 is 0.964 bits per heavy atom. The number of nitrogens with zero attached hydrogens (tertiary/aromatic N) is 2. The van der Waals surface area contributed by atoms with Crippen LogP contribution in [-0.2, 0) is 14.8 Å². The Hall–Kier alpha value is -2.52. The number of hydrogen-bond donors (Lipinski definition) is 1. The van der Waals surface area contributed by atoms with E-state index >= 15 is 0 Å². The maximum absolute atomic E-state index is 13.2. The van der Waals surface area contributed by atoms with Crippen molar-refractivity contribution in [1.82, 2.24) is 9.62 Å².